The summed E-state index contributed by atoms with van der Waals surface area (Å²) in [6.07, 6.45) is 1.63. The van der Waals surface area contributed by atoms with E-state index < -0.39 is 0 Å². The largest absolute Gasteiger partial charge is 0.332 e. The van der Waals surface area contributed by atoms with Crippen LogP contribution in [0.1, 0.15) is 31.7 Å². The molecule has 0 aliphatic carbocycles. The number of thiazole rings is 1. The molecule has 2 N–H and O–H groups in total. The lowest BCUT2D eigenvalue weighted by Gasteiger charge is -2.14. The number of hydrogen-bond acceptors (Lipinski definition) is 4. The number of benzene rings is 1. The number of aromatic nitrogens is 1. The fraction of sp³-hybridized carbons (Fsp3) is 0.400. The van der Waals surface area contributed by atoms with E-state index in [1.165, 1.54) is 0 Å². The summed E-state index contributed by atoms with van der Waals surface area (Å²) < 4.78 is 1.10. The van der Waals surface area contributed by atoms with Crippen LogP contribution in [0.4, 0.5) is 5.69 Å². The number of rotatable bonds is 4. The van der Waals surface area contributed by atoms with Crippen molar-refractivity contribution in [1.82, 2.24) is 10.3 Å². The SMILES string of the molecule is CCC(CC)C(=O)NC(=S)Nc1ccc2nc(C)sc2c1. The van der Waals surface area contributed by atoms with Crippen LogP contribution in [-0.4, -0.2) is 16.0 Å². The third-order valence-electron chi connectivity index (χ3n) is 3.35. The summed E-state index contributed by atoms with van der Waals surface area (Å²) in [4.78, 5) is 16.4. The Bertz CT molecular complexity index is 662. The molecule has 0 aliphatic heterocycles. The fourth-order valence-corrected chi connectivity index (χ4v) is 3.24. The van der Waals surface area contributed by atoms with Gasteiger partial charge in [-0.1, -0.05) is 13.8 Å². The Labute approximate surface area is 134 Å². The van der Waals surface area contributed by atoms with Gasteiger partial charge in [-0.3, -0.25) is 4.79 Å². The number of aryl methyl sites for hydroxylation is 1. The summed E-state index contributed by atoms with van der Waals surface area (Å²) in [5.41, 5.74) is 1.84. The van der Waals surface area contributed by atoms with Crippen LogP contribution >= 0.6 is 23.6 Å². The zero-order chi connectivity index (χ0) is 15.4. The number of nitrogens with zero attached hydrogens (tertiary/aromatic N) is 1. The Kier molecular flexibility index (Phi) is 5.25. The number of hydrogen-bond donors (Lipinski definition) is 2. The third-order valence-corrected chi connectivity index (χ3v) is 4.48. The molecular formula is C15H19N3OS2. The summed E-state index contributed by atoms with van der Waals surface area (Å²) in [5, 5.41) is 7.18. The molecule has 2 aromatic rings. The minimum Gasteiger partial charge on any atom is -0.332 e. The predicted molar refractivity (Wildman–Crippen MR) is 92.8 cm³/mol. The molecular weight excluding hydrogens is 302 g/mol. The number of anilines is 1. The Morgan fingerprint density at radius 3 is 2.76 bits per heavy atom. The van der Waals surface area contributed by atoms with Gasteiger partial charge in [-0.25, -0.2) is 4.98 Å². The smallest absolute Gasteiger partial charge is 0.229 e. The van der Waals surface area contributed by atoms with Crippen molar-refractivity contribution in [3.8, 4) is 0 Å². The molecule has 1 heterocycles. The number of carbonyl (C=O) groups excluding carboxylic acids is 1. The van der Waals surface area contributed by atoms with E-state index >= 15 is 0 Å². The molecule has 0 aliphatic rings. The lowest BCUT2D eigenvalue weighted by atomic mass is 10.0. The van der Waals surface area contributed by atoms with Gasteiger partial charge in [-0.05, 0) is 50.2 Å². The van der Waals surface area contributed by atoms with Crippen LogP contribution in [0.2, 0.25) is 0 Å². The van der Waals surface area contributed by atoms with Gasteiger partial charge in [-0.15, -0.1) is 11.3 Å². The first-order valence-electron chi connectivity index (χ1n) is 7.02. The second kappa shape index (κ2) is 6.95. The van der Waals surface area contributed by atoms with Crippen LogP contribution in [0.15, 0.2) is 18.2 Å². The molecule has 0 bridgehead atoms. The molecule has 112 valence electrons. The molecule has 6 heteroatoms. The van der Waals surface area contributed by atoms with E-state index in [0.717, 1.165) is 33.8 Å². The highest BCUT2D eigenvalue weighted by molar-refractivity contribution is 7.80. The summed E-state index contributed by atoms with van der Waals surface area (Å²) in [5.74, 6) is -0.0106. The molecule has 2 rings (SSSR count). The van der Waals surface area contributed by atoms with E-state index in [0.29, 0.717) is 5.11 Å². The third kappa shape index (κ3) is 3.98. The van der Waals surface area contributed by atoms with Crippen molar-refractivity contribution in [2.75, 3.05) is 5.32 Å². The molecule has 1 aromatic heterocycles. The molecule has 0 saturated carbocycles. The molecule has 1 aromatic carbocycles. The van der Waals surface area contributed by atoms with Gasteiger partial charge in [0.2, 0.25) is 5.91 Å². The van der Waals surface area contributed by atoms with Crippen molar-refractivity contribution in [2.24, 2.45) is 5.92 Å². The molecule has 0 unspecified atom stereocenters. The van der Waals surface area contributed by atoms with Crippen LogP contribution < -0.4 is 10.6 Å². The Balaban J connectivity index is 2.02. The fourth-order valence-electron chi connectivity index (χ4n) is 2.15. The van der Waals surface area contributed by atoms with Crippen LogP contribution in [0.3, 0.4) is 0 Å². The molecule has 1 amide bonds. The van der Waals surface area contributed by atoms with E-state index in [2.05, 4.69) is 15.6 Å². The van der Waals surface area contributed by atoms with Crippen molar-refractivity contribution in [2.45, 2.75) is 33.6 Å². The molecule has 21 heavy (non-hydrogen) atoms. The van der Waals surface area contributed by atoms with Crippen molar-refractivity contribution < 1.29 is 4.79 Å². The molecule has 0 fully saturated rings. The highest BCUT2D eigenvalue weighted by Gasteiger charge is 2.15. The number of fused-ring (bicyclic) bond motifs is 1. The van der Waals surface area contributed by atoms with Crippen molar-refractivity contribution in [3.05, 3.63) is 23.2 Å². The zero-order valence-corrected chi connectivity index (χ0v) is 14.0. The first-order valence-corrected chi connectivity index (χ1v) is 8.25. The number of amides is 1. The maximum atomic E-state index is 12.0. The van der Waals surface area contributed by atoms with Gasteiger partial charge < -0.3 is 10.6 Å². The number of thiocarbonyl (C=S) groups is 1. The van der Waals surface area contributed by atoms with Gasteiger partial charge in [0.05, 0.1) is 15.2 Å². The van der Waals surface area contributed by atoms with Crippen LogP contribution in [0.5, 0.6) is 0 Å². The van der Waals surface area contributed by atoms with E-state index in [1.54, 1.807) is 11.3 Å². The van der Waals surface area contributed by atoms with Gasteiger partial charge in [0, 0.05) is 11.6 Å². The first-order chi connectivity index (χ1) is 10.0. The molecule has 4 nitrogen and oxygen atoms in total. The summed E-state index contributed by atoms with van der Waals surface area (Å²) in [6.45, 7) is 5.99. The standard InChI is InChI=1S/C15H19N3OS2/c1-4-10(5-2)14(19)18-15(20)17-11-6-7-12-13(8-11)21-9(3)16-12/h6-8,10H,4-5H2,1-3H3,(H2,17,18,19,20). The predicted octanol–water partition coefficient (Wildman–Crippen LogP) is 3.85. The lowest BCUT2D eigenvalue weighted by molar-refractivity contribution is -0.123. The van der Waals surface area contributed by atoms with Gasteiger partial charge >= 0.3 is 0 Å². The zero-order valence-electron chi connectivity index (χ0n) is 12.4. The van der Waals surface area contributed by atoms with Crippen LogP contribution in [0.25, 0.3) is 10.2 Å². The highest BCUT2D eigenvalue weighted by atomic mass is 32.1. The number of nitrogens with one attached hydrogen (secondary N) is 2. The normalized spacial score (nSPS) is 10.9. The van der Waals surface area contributed by atoms with E-state index in [-0.39, 0.29) is 11.8 Å². The topological polar surface area (TPSA) is 54.0 Å². The van der Waals surface area contributed by atoms with Gasteiger partial charge in [0.15, 0.2) is 5.11 Å². The Morgan fingerprint density at radius 1 is 1.38 bits per heavy atom. The molecule has 0 atom stereocenters. The van der Waals surface area contributed by atoms with E-state index in [9.17, 15) is 4.79 Å². The maximum Gasteiger partial charge on any atom is 0.229 e. The van der Waals surface area contributed by atoms with Crippen molar-refractivity contribution >= 4 is 50.5 Å². The Morgan fingerprint density at radius 2 is 2.10 bits per heavy atom. The number of carbonyl (C=O) groups is 1. The van der Waals surface area contributed by atoms with Gasteiger partial charge in [0.25, 0.3) is 0 Å². The van der Waals surface area contributed by atoms with E-state index in [1.807, 2.05) is 39.0 Å². The van der Waals surface area contributed by atoms with Crippen LogP contribution in [0, 0.1) is 12.8 Å². The quantitative estimate of drug-likeness (QED) is 0.840. The summed E-state index contributed by atoms with van der Waals surface area (Å²) >= 11 is 6.84. The summed E-state index contributed by atoms with van der Waals surface area (Å²) in [7, 11) is 0. The molecule has 0 saturated heterocycles. The maximum absolute atomic E-state index is 12.0. The monoisotopic (exact) mass is 321 g/mol. The average Bonchev–Trinajstić information content (AvgIpc) is 2.79. The molecule has 0 radical (unpaired) electrons. The van der Waals surface area contributed by atoms with Crippen molar-refractivity contribution in [3.63, 3.8) is 0 Å². The van der Waals surface area contributed by atoms with Gasteiger partial charge in [-0.2, -0.15) is 0 Å². The second-order valence-electron chi connectivity index (χ2n) is 4.87. The Hall–Kier alpha value is -1.53. The van der Waals surface area contributed by atoms with Crippen molar-refractivity contribution in [1.29, 1.82) is 0 Å². The minimum absolute atomic E-state index is 0.0105. The summed E-state index contributed by atoms with van der Waals surface area (Å²) in [6, 6.07) is 5.86. The minimum atomic E-state index is -0.0211. The van der Waals surface area contributed by atoms with Gasteiger partial charge in [0.1, 0.15) is 0 Å². The van der Waals surface area contributed by atoms with Crippen LogP contribution in [-0.2, 0) is 4.79 Å². The lowest BCUT2D eigenvalue weighted by Crippen LogP contribution is -2.38. The van der Waals surface area contributed by atoms with E-state index in [4.69, 9.17) is 12.2 Å². The highest BCUT2D eigenvalue weighted by Crippen LogP contribution is 2.24. The second-order valence-corrected chi connectivity index (χ2v) is 6.52. The first kappa shape index (κ1) is 15.9. The average molecular weight is 321 g/mol. The molecule has 0 spiro atoms.